The number of rotatable bonds is 7. The molecule has 1 aliphatic heterocycles. The van der Waals surface area contributed by atoms with E-state index in [4.69, 9.17) is 9.26 Å². The lowest BCUT2D eigenvalue weighted by Crippen LogP contribution is -2.41. The molecule has 10 heteroatoms. The lowest BCUT2D eigenvalue weighted by Gasteiger charge is -2.36. The van der Waals surface area contributed by atoms with Crippen LogP contribution in [-0.4, -0.2) is 70.0 Å². The van der Waals surface area contributed by atoms with E-state index in [1.165, 1.54) is 13.8 Å². The second kappa shape index (κ2) is 6.85. The molecule has 0 saturated carbocycles. The Morgan fingerprint density at radius 2 is 1.91 bits per heavy atom. The monoisotopic (exact) mass is 342 g/mol. The van der Waals surface area contributed by atoms with Crippen molar-refractivity contribution in [3.05, 3.63) is 0 Å². The van der Waals surface area contributed by atoms with Crippen molar-refractivity contribution < 1.29 is 38.4 Å². The van der Waals surface area contributed by atoms with Gasteiger partial charge < -0.3 is 24.9 Å². The number of ether oxygens (including phenoxy) is 1. The Morgan fingerprint density at radius 3 is 2.27 bits per heavy atom. The number of aliphatic hydroxyl groups excluding tert-OH is 2. The first-order chi connectivity index (χ1) is 9.89. The van der Waals surface area contributed by atoms with Gasteiger partial charge in [-0.3, -0.25) is 9.09 Å². The molecule has 4 N–H and O–H groups in total. The molecule has 0 amide bonds. The van der Waals surface area contributed by atoms with E-state index < -0.39 is 49.5 Å². The highest BCUT2D eigenvalue weighted by Crippen LogP contribution is 2.58. The molecule has 0 aromatic rings. The van der Waals surface area contributed by atoms with Gasteiger partial charge in [0.2, 0.25) is 0 Å². The molecule has 1 fully saturated rings. The first-order valence-corrected chi connectivity index (χ1v) is 8.80. The summed E-state index contributed by atoms with van der Waals surface area (Å²) in [7, 11) is -2.97. The summed E-state index contributed by atoms with van der Waals surface area (Å²) in [5.74, 6) is 0. The highest BCUT2D eigenvalue weighted by molar-refractivity contribution is 7.54. The van der Waals surface area contributed by atoms with Crippen LogP contribution < -0.4 is 0 Å². The van der Waals surface area contributed by atoms with Crippen LogP contribution in [-0.2, 0) is 13.8 Å². The Hall–Kier alpha value is -0.0151. The molecule has 7 nitrogen and oxygen atoms in total. The van der Waals surface area contributed by atoms with Gasteiger partial charge in [-0.2, -0.15) is 0 Å². The lowest BCUT2D eigenvalue weighted by atomic mass is 9.91. The Labute approximate surface area is 130 Å². The van der Waals surface area contributed by atoms with Crippen LogP contribution in [0.25, 0.3) is 0 Å². The average molecular weight is 342 g/mol. The van der Waals surface area contributed by atoms with E-state index in [1.54, 1.807) is 7.85 Å². The molecule has 22 heavy (non-hydrogen) atoms. The number of hydrogen-bond donors (Lipinski definition) is 4. The summed E-state index contributed by atoms with van der Waals surface area (Å²) in [4.78, 5) is 9.92. The summed E-state index contributed by atoms with van der Waals surface area (Å²) in [6.45, 7) is 2.78. The fourth-order valence-corrected chi connectivity index (χ4v) is 3.56. The van der Waals surface area contributed by atoms with E-state index in [1.807, 2.05) is 0 Å². The molecule has 0 aliphatic carbocycles. The molecule has 7 atom stereocenters. The lowest BCUT2D eigenvalue weighted by molar-refractivity contribution is -0.0515. The summed E-state index contributed by atoms with van der Waals surface area (Å²) in [5.41, 5.74) is -1.74. The van der Waals surface area contributed by atoms with Crippen LogP contribution in [0.3, 0.4) is 0 Å². The van der Waals surface area contributed by atoms with Crippen molar-refractivity contribution in [2.75, 3.05) is 6.67 Å². The van der Waals surface area contributed by atoms with Crippen LogP contribution in [0.4, 0.5) is 4.39 Å². The van der Waals surface area contributed by atoms with E-state index in [-0.39, 0.29) is 12.8 Å². The van der Waals surface area contributed by atoms with Gasteiger partial charge in [-0.15, -0.1) is 0 Å². The number of hydrogen-bond acceptors (Lipinski definition) is 6. The minimum absolute atomic E-state index is 0.0541. The zero-order valence-corrected chi connectivity index (χ0v) is 14.2. The number of halogens is 1. The largest absolute Gasteiger partial charge is 0.388 e. The van der Waals surface area contributed by atoms with Gasteiger partial charge in [0.25, 0.3) is 0 Å². The molecular formula is C12H25BFO7P. The Kier molecular flexibility index (Phi) is 6.23. The van der Waals surface area contributed by atoms with Gasteiger partial charge in [-0.1, -0.05) is 6.92 Å². The Morgan fingerprint density at radius 1 is 1.36 bits per heavy atom. The molecule has 1 rings (SSSR count). The van der Waals surface area contributed by atoms with Gasteiger partial charge in [-0.05, 0) is 20.3 Å². The number of aliphatic hydroxyl groups is 3. The molecule has 0 aromatic carbocycles. The molecule has 0 spiro atoms. The first-order valence-electron chi connectivity index (χ1n) is 7.22. The standard InChI is InChI=1S/C12H25BFO7P/c1-4-12(3,17)22(18,19)21-11(2,6-14)5-7-8(15)9(16)10(13)20-7/h7-10,15-17H,4-6,13H2,1-3H3,(H,18,19)/t7-,8?,9+,10-,11?,12?/m1/s1. The zero-order valence-electron chi connectivity index (χ0n) is 13.3. The van der Waals surface area contributed by atoms with Crippen molar-refractivity contribution in [2.24, 2.45) is 0 Å². The molecule has 1 aliphatic rings. The van der Waals surface area contributed by atoms with Gasteiger partial charge >= 0.3 is 7.60 Å². The molecule has 1 saturated heterocycles. The second-order valence-corrected chi connectivity index (χ2v) is 8.52. The van der Waals surface area contributed by atoms with Gasteiger partial charge in [-0.25, -0.2) is 4.39 Å². The second-order valence-electron chi connectivity index (χ2n) is 6.33. The SMILES string of the molecule is B[C@@H]1O[C@H](CC(C)(CF)OP(=O)(O)C(C)(O)CC)C(O)[C@@H]1O. The molecule has 0 radical (unpaired) electrons. The fourth-order valence-electron chi connectivity index (χ4n) is 2.24. The maximum Gasteiger partial charge on any atom is 0.359 e. The van der Waals surface area contributed by atoms with Crippen LogP contribution in [0, 0.1) is 0 Å². The first kappa shape index (κ1) is 20.0. The third kappa shape index (κ3) is 4.09. The van der Waals surface area contributed by atoms with E-state index in [0.29, 0.717) is 0 Å². The van der Waals surface area contributed by atoms with Crippen LogP contribution in [0.1, 0.15) is 33.6 Å². The smallest absolute Gasteiger partial charge is 0.359 e. The van der Waals surface area contributed by atoms with Crippen LogP contribution >= 0.6 is 7.60 Å². The molecule has 0 bridgehead atoms. The molecular weight excluding hydrogens is 317 g/mol. The van der Waals surface area contributed by atoms with Crippen molar-refractivity contribution in [2.45, 2.75) is 68.9 Å². The summed E-state index contributed by atoms with van der Waals surface area (Å²) < 4.78 is 35.9. The van der Waals surface area contributed by atoms with Gasteiger partial charge in [0.05, 0.1) is 12.1 Å². The Bertz CT molecular complexity index is 438. The highest BCUT2D eigenvalue weighted by atomic mass is 31.2. The zero-order chi connectivity index (χ0) is 17.3. The third-order valence-corrected chi connectivity index (χ3v) is 6.36. The molecule has 130 valence electrons. The van der Waals surface area contributed by atoms with Crippen molar-refractivity contribution in [1.82, 2.24) is 0 Å². The summed E-state index contributed by atoms with van der Waals surface area (Å²) in [5, 5.41) is 27.4. The highest BCUT2D eigenvalue weighted by Gasteiger charge is 2.50. The Balaban J connectivity index is 2.87. The van der Waals surface area contributed by atoms with E-state index in [0.717, 1.165) is 6.92 Å². The van der Waals surface area contributed by atoms with Crippen LogP contribution in [0.2, 0.25) is 0 Å². The van der Waals surface area contributed by atoms with Crippen molar-refractivity contribution >= 4 is 15.4 Å². The van der Waals surface area contributed by atoms with E-state index in [9.17, 15) is 29.2 Å². The van der Waals surface area contributed by atoms with Crippen molar-refractivity contribution in [1.29, 1.82) is 0 Å². The fraction of sp³-hybridized carbons (Fsp3) is 1.00. The van der Waals surface area contributed by atoms with Crippen LogP contribution in [0.15, 0.2) is 0 Å². The third-order valence-electron chi connectivity index (χ3n) is 4.14. The van der Waals surface area contributed by atoms with Crippen molar-refractivity contribution in [3.8, 4) is 0 Å². The summed E-state index contributed by atoms with van der Waals surface area (Å²) >= 11 is 0. The minimum Gasteiger partial charge on any atom is -0.388 e. The average Bonchev–Trinajstić information content (AvgIpc) is 2.65. The summed E-state index contributed by atoms with van der Waals surface area (Å²) in [6.07, 6.45) is -3.59. The molecule has 1 heterocycles. The summed E-state index contributed by atoms with van der Waals surface area (Å²) in [6, 6.07) is -0.636. The van der Waals surface area contributed by atoms with Crippen LogP contribution in [0.5, 0.6) is 0 Å². The van der Waals surface area contributed by atoms with Gasteiger partial charge in [0.1, 0.15) is 32.3 Å². The van der Waals surface area contributed by atoms with Gasteiger partial charge in [0, 0.05) is 6.42 Å². The van der Waals surface area contributed by atoms with Crippen molar-refractivity contribution in [3.63, 3.8) is 0 Å². The minimum atomic E-state index is -4.52. The molecule has 4 unspecified atom stereocenters. The number of alkyl halides is 1. The predicted octanol–water partition coefficient (Wildman–Crippen LogP) is -0.495. The van der Waals surface area contributed by atoms with E-state index >= 15 is 0 Å². The maximum absolute atomic E-state index is 13.4. The predicted molar refractivity (Wildman–Crippen MR) is 80.0 cm³/mol. The molecule has 0 aromatic heterocycles. The van der Waals surface area contributed by atoms with Gasteiger partial charge in [0.15, 0.2) is 5.34 Å². The maximum atomic E-state index is 13.4. The van der Waals surface area contributed by atoms with E-state index in [2.05, 4.69) is 0 Å². The quantitative estimate of drug-likeness (QED) is 0.364. The topological polar surface area (TPSA) is 116 Å². The normalized spacial score (nSPS) is 37.3.